The van der Waals surface area contributed by atoms with E-state index in [1.807, 2.05) is 13.8 Å². The summed E-state index contributed by atoms with van der Waals surface area (Å²) in [5, 5.41) is 0. The average Bonchev–Trinajstić information content (AvgIpc) is 2.55. The lowest BCUT2D eigenvalue weighted by atomic mass is 9.97. The first-order valence-corrected chi connectivity index (χ1v) is 9.13. The van der Waals surface area contributed by atoms with E-state index in [9.17, 15) is 9.59 Å². The van der Waals surface area contributed by atoms with Crippen LogP contribution in [0.15, 0.2) is 0 Å². The second-order valence-electron chi connectivity index (χ2n) is 6.81. The van der Waals surface area contributed by atoms with Gasteiger partial charge in [0.1, 0.15) is 0 Å². The van der Waals surface area contributed by atoms with Crippen molar-refractivity contribution >= 4 is 12.1 Å². The maximum atomic E-state index is 12.0. The maximum absolute atomic E-state index is 12.0. The minimum absolute atomic E-state index is 0.0696. The van der Waals surface area contributed by atoms with Crippen LogP contribution in [0.5, 0.6) is 0 Å². The van der Waals surface area contributed by atoms with Crippen LogP contribution in [0.25, 0.3) is 0 Å². The Kier molecular flexibility index (Phi) is 9.72. The molecule has 1 heterocycles. The van der Waals surface area contributed by atoms with Crippen LogP contribution in [0.2, 0.25) is 0 Å². The maximum Gasteiger partial charge on any atom is 0.409 e. The molecule has 134 valence electrons. The fraction of sp³-hybridized carbons (Fsp3) is 0.889. The number of nitrogens with zero attached hydrogens (tertiary/aromatic N) is 1. The fourth-order valence-corrected chi connectivity index (χ4v) is 2.62. The predicted octanol–water partition coefficient (Wildman–Crippen LogP) is 4.00. The van der Waals surface area contributed by atoms with Crippen molar-refractivity contribution in [1.29, 1.82) is 0 Å². The molecular formula is C18H33NO4. The molecule has 1 saturated heterocycles. The zero-order chi connectivity index (χ0) is 17.1. The highest BCUT2D eigenvalue weighted by Gasteiger charge is 2.29. The van der Waals surface area contributed by atoms with Crippen LogP contribution in [0.1, 0.15) is 65.7 Å². The van der Waals surface area contributed by atoms with E-state index in [4.69, 9.17) is 9.47 Å². The Morgan fingerprint density at radius 3 is 2.30 bits per heavy atom. The van der Waals surface area contributed by atoms with Crippen LogP contribution in [-0.4, -0.2) is 43.3 Å². The van der Waals surface area contributed by atoms with Crippen molar-refractivity contribution in [3.05, 3.63) is 0 Å². The topological polar surface area (TPSA) is 55.8 Å². The highest BCUT2D eigenvalue weighted by atomic mass is 16.6. The van der Waals surface area contributed by atoms with Gasteiger partial charge in [-0.1, -0.05) is 46.5 Å². The lowest BCUT2D eigenvalue weighted by molar-refractivity contribution is -0.150. The number of hydrogen-bond acceptors (Lipinski definition) is 4. The van der Waals surface area contributed by atoms with Gasteiger partial charge in [0.25, 0.3) is 0 Å². The number of rotatable bonds is 9. The molecule has 0 spiro atoms. The molecule has 0 aromatic rings. The number of hydrogen-bond donors (Lipinski definition) is 0. The van der Waals surface area contributed by atoms with Gasteiger partial charge in [0.05, 0.1) is 19.1 Å². The molecule has 0 radical (unpaired) electrons. The number of ether oxygens (including phenoxy) is 2. The van der Waals surface area contributed by atoms with Gasteiger partial charge < -0.3 is 14.4 Å². The zero-order valence-electron chi connectivity index (χ0n) is 15.0. The molecule has 23 heavy (non-hydrogen) atoms. The summed E-state index contributed by atoms with van der Waals surface area (Å²) in [4.78, 5) is 25.6. The quantitative estimate of drug-likeness (QED) is 0.474. The minimum atomic E-state index is -0.263. The van der Waals surface area contributed by atoms with Gasteiger partial charge in [0, 0.05) is 13.1 Å². The van der Waals surface area contributed by atoms with Gasteiger partial charge in [0.15, 0.2) is 0 Å². The standard InChI is InChI=1S/C18H33NO4/c1-4-5-6-7-8-13-22-17(20)16-9-11-19(12-10-16)18(21)23-14-15(2)3/h15-16H,4-14H2,1-3H3. The van der Waals surface area contributed by atoms with Gasteiger partial charge in [-0.05, 0) is 25.2 Å². The molecule has 1 fully saturated rings. The lowest BCUT2D eigenvalue weighted by Gasteiger charge is -2.30. The lowest BCUT2D eigenvalue weighted by Crippen LogP contribution is -2.41. The van der Waals surface area contributed by atoms with Crippen molar-refractivity contribution in [1.82, 2.24) is 4.90 Å². The van der Waals surface area contributed by atoms with E-state index in [0.29, 0.717) is 45.1 Å². The Bertz CT molecular complexity index is 349. The third kappa shape index (κ3) is 8.24. The summed E-state index contributed by atoms with van der Waals surface area (Å²) in [6.45, 7) is 8.33. The van der Waals surface area contributed by atoms with Gasteiger partial charge in [-0.15, -0.1) is 0 Å². The van der Waals surface area contributed by atoms with Crippen LogP contribution >= 0.6 is 0 Å². The second kappa shape index (κ2) is 11.3. The SMILES string of the molecule is CCCCCCCOC(=O)C1CCN(C(=O)OCC(C)C)CC1. The van der Waals surface area contributed by atoms with E-state index < -0.39 is 0 Å². The first-order valence-electron chi connectivity index (χ1n) is 9.13. The number of esters is 1. The van der Waals surface area contributed by atoms with E-state index in [-0.39, 0.29) is 18.0 Å². The Balaban J connectivity index is 2.14. The van der Waals surface area contributed by atoms with Crippen molar-refractivity contribution in [2.24, 2.45) is 11.8 Å². The molecule has 0 saturated carbocycles. The third-order valence-corrected chi connectivity index (χ3v) is 4.12. The number of unbranched alkanes of at least 4 members (excludes halogenated alkanes) is 4. The molecule has 1 aliphatic rings. The van der Waals surface area contributed by atoms with Crippen LogP contribution < -0.4 is 0 Å². The van der Waals surface area contributed by atoms with Gasteiger partial charge in [0.2, 0.25) is 0 Å². The van der Waals surface area contributed by atoms with Crippen molar-refractivity contribution in [3.8, 4) is 0 Å². The molecule has 1 aliphatic heterocycles. The number of amides is 1. The normalized spacial score (nSPS) is 15.7. The van der Waals surface area contributed by atoms with Crippen LogP contribution in [-0.2, 0) is 14.3 Å². The third-order valence-electron chi connectivity index (χ3n) is 4.12. The molecular weight excluding hydrogens is 294 g/mol. The van der Waals surface area contributed by atoms with Crippen LogP contribution in [0, 0.1) is 11.8 Å². The Morgan fingerprint density at radius 2 is 1.70 bits per heavy atom. The van der Waals surface area contributed by atoms with Crippen LogP contribution in [0.3, 0.4) is 0 Å². The molecule has 0 bridgehead atoms. The Hall–Kier alpha value is -1.26. The number of carbonyl (C=O) groups is 2. The van der Waals surface area contributed by atoms with Gasteiger partial charge in [-0.25, -0.2) is 4.79 Å². The Morgan fingerprint density at radius 1 is 1.04 bits per heavy atom. The molecule has 0 aromatic heterocycles. The smallest absolute Gasteiger partial charge is 0.409 e. The average molecular weight is 327 g/mol. The number of likely N-dealkylation sites (tertiary alicyclic amines) is 1. The first-order chi connectivity index (χ1) is 11.0. The molecule has 0 aliphatic carbocycles. The van der Waals surface area contributed by atoms with E-state index in [2.05, 4.69) is 6.92 Å². The summed E-state index contributed by atoms with van der Waals surface area (Å²) >= 11 is 0. The minimum Gasteiger partial charge on any atom is -0.465 e. The molecule has 5 heteroatoms. The summed E-state index contributed by atoms with van der Waals surface area (Å²) in [6.07, 6.45) is 6.84. The highest BCUT2D eigenvalue weighted by molar-refractivity contribution is 5.73. The van der Waals surface area contributed by atoms with Gasteiger partial charge >= 0.3 is 12.1 Å². The monoisotopic (exact) mass is 327 g/mol. The fourth-order valence-electron chi connectivity index (χ4n) is 2.62. The van der Waals surface area contributed by atoms with Crippen molar-refractivity contribution in [2.75, 3.05) is 26.3 Å². The second-order valence-corrected chi connectivity index (χ2v) is 6.81. The number of carbonyl (C=O) groups excluding carboxylic acids is 2. The summed E-state index contributed by atoms with van der Waals surface area (Å²) < 4.78 is 10.6. The predicted molar refractivity (Wildman–Crippen MR) is 90.2 cm³/mol. The molecule has 1 amide bonds. The highest BCUT2D eigenvalue weighted by Crippen LogP contribution is 2.19. The largest absolute Gasteiger partial charge is 0.465 e. The molecule has 0 aromatic carbocycles. The van der Waals surface area contributed by atoms with E-state index in [1.54, 1.807) is 4.90 Å². The molecule has 0 atom stereocenters. The summed E-state index contributed by atoms with van der Waals surface area (Å²) in [5.41, 5.74) is 0. The van der Waals surface area contributed by atoms with Gasteiger partial charge in [-0.3, -0.25) is 4.79 Å². The van der Waals surface area contributed by atoms with Crippen molar-refractivity contribution < 1.29 is 19.1 Å². The van der Waals surface area contributed by atoms with E-state index in [1.165, 1.54) is 19.3 Å². The molecule has 1 rings (SSSR count). The zero-order valence-corrected chi connectivity index (χ0v) is 15.0. The van der Waals surface area contributed by atoms with E-state index >= 15 is 0 Å². The summed E-state index contributed by atoms with van der Waals surface area (Å²) in [7, 11) is 0. The molecule has 5 nitrogen and oxygen atoms in total. The number of piperidine rings is 1. The summed E-state index contributed by atoms with van der Waals surface area (Å²) in [5.74, 6) is 0.166. The Labute approximate surface area is 140 Å². The van der Waals surface area contributed by atoms with Crippen molar-refractivity contribution in [3.63, 3.8) is 0 Å². The van der Waals surface area contributed by atoms with Crippen molar-refractivity contribution in [2.45, 2.75) is 65.7 Å². The molecule has 0 unspecified atom stereocenters. The summed E-state index contributed by atoms with van der Waals surface area (Å²) in [6, 6.07) is 0. The van der Waals surface area contributed by atoms with Gasteiger partial charge in [-0.2, -0.15) is 0 Å². The van der Waals surface area contributed by atoms with Crippen LogP contribution in [0.4, 0.5) is 4.79 Å². The van der Waals surface area contributed by atoms with E-state index in [0.717, 1.165) is 12.8 Å². The first kappa shape index (κ1) is 19.8. The molecule has 0 N–H and O–H groups in total.